The van der Waals surface area contributed by atoms with Crippen LogP contribution in [0, 0.1) is 11.6 Å². The second kappa shape index (κ2) is 8.78. The Bertz CT molecular complexity index is 1080. The van der Waals surface area contributed by atoms with E-state index in [-0.39, 0.29) is 43.7 Å². The van der Waals surface area contributed by atoms with Gasteiger partial charge in [-0.3, -0.25) is 14.5 Å². The predicted octanol–water partition coefficient (Wildman–Crippen LogP) is 2.53. The van der Waals surface area contributed by atoms with Crippen LogP contribution in [0.3, 0.4) is 0 Å². The number of hydrogen-bond acceptors (Lipinski definition) is 5. The maximum Gasteiger partial charge on any atom is 0.328 e. The molecule has 1 atom stereocenters. The van der Waals surface area contributed by atoms with Crippen LogP contribution in [-0.4, -0.2) is 71.3 Å². The Balaban J connectivity index is 1.55. The summed E-state index contributed by atoms with van der Waals surface area (Å²) in [6.45, 7) is 0.0283. The summed E-state index contributed by atoms with van der Waals surface area (Å²) >= 11 is 0. The molecule has 0 aromatic heterocycles. The van der Waals surface area contributed by atoms with Crippen molar-refractivity contribution in [3.63, 3.8) is 0 Å². The lowest BCUT2D eigenvalue weighted by molar-refractivity contribution is -0.143. The summed E-state index contributed by atoms with van der Waals surface area (Å²) in [6, 6.07) is 7.85. The van der Waals surface area contributed by atoms with Crippen molar-refractivity contribution in [1.29, 1.82) is 0 Å². The summed E-state index contributed by atoms with van der Waals surface area (Å²) in [5.41, 5.74) is -1.19. The zero-order chi connectivity index (χ0) is 23.8. The van der Waals surface area contributed by atoms with Crippen LogP contribution >= 0.6 is 0 Å². The third-order valence-electron chi connectivity index (χ3n) is 6.09. The van der Waals surface area contributed by atoms with Gasteiger partial charge >= 0.3 is 5.97 Å². The number of ether oxygens (including phenoxy) is 2. The molecule has 0 bridgehead atoms. The van der Waals surface area contributed by atoms with E-state index in [2.05, 4.69) is 0 Å². The molecule has 0 aliphatic carbocycles. The summed E-state index contributed by atoms with van der Waals surface area (Å²) in [5, 5.41) is 9.69. The van der Waals surface area contributed by atoms with Gasteiger partial charge in [-0.2, -0.15) is 0 Å². The summed E-state index contributed by atoms with van der Waals surface area (Å²) < 4.78 is 38.2. The van der Waals surface area contributed by atoms with Gasteiger partial charge in [0.1, 0.15) is 23.1 Å². The molecule has 2 aliphatic heterocycles. The highest BCUT2D eigenvalue weighted by Crippen LogP contribution is 2.39. The fraction of sp³-hybridized carbons (Fsp3) is 0.348. The molecule has 2 fully saturated rings. The number of nitrogens with zero attached hydrogens (tertiary/aromatic N) is 2. The molecular weight excluding hydrogens is 438 g/mol. The van der Waals surface area contributed by atoms with E-state index in [1.54, 1.807) is 24.3 Å². The number of carbonyl (C=O) groups is 3. The van der Waals surface area contributed by atoms with Crippen molar-refractivity contribution in [2.45, 2.75) is 24.6 Å². The number of methoxy groups -OCH3 is 1. The molecule has 2 heterocycles. The number of hydrogen-bond donors (Lipinski definition) is 1. The highest BCUT2D eigenvalue weighted by atomic mass is 19.1. The fourth-order valence-corrected chi connectivity index (χ4v) is 4.32. The van der Waals surface area contributed by atoms with E-state index in [9.17, 15) is 28.3 Å². The molecule has 174 valence electrons. The number of halogens is 2. The number of likely N-dealkylation sites (tertiary alicyclic amines) is 1. The lowest BCUT2D eigenvalue weighted by Crippen LogP contribution is -2.58. The minimum Gasteiger partial charge on any atom is -0.497 e. The zero-order valence-electron chi connectivity index (χ0n) is 17.8. The van der Waals surface area contributed by atoms with Gasteiger partial charge in [-0.15, -0.1) is 0 Å². The summed E-state index contributed by atoms with van der Waals surface area (Å²) in [6.07, 6.45) is 0.292. The van der Waals surface area contributed by atoms with Gasteiger partial charge in [0.25, 0.3) is 11.8 Å². The lowest BCUT2D eigenvalue weighted by Gasteiger charge is -2.44. The van der Waals surface area contributed by atoms with Gasteiger partial charge in [-0.1, -0.05) is 0 Å². The Kier molecular flexibility index (Phi) is 6.03. The first-order valence-corrected chi connectivity index (χ1v) is 10.3. The Morgan fingerprint density at radius 1 is 1.06 bits per heavy atom. The quantitative estimate of drug-likeness (QED) is 0.754. The number of benzene rings is 2. The molecule has 8 nitrogen and oxygen atoms in total. The van der Waals surface area contributed by atoms with Gasteiger partial charge in [0, 0.05) is 37.6 Å². The van der Waals surface area contributed by atoms with Crippen LogP contribution in [0.4, 0.5) is 8.78 Å². The molecule has 1 N–H and O–H groups in total. The molecule has 2 saturated heterocycles. The normalized spacial score (nSPS) is 19.5. The van der Waals surface area contributed by atoms with Gasteiger partial charge in [-0.05, 0) is 36.4 Å². The lowest BCUT2D eigenvalue weighted by atomic mass is 9.96. The van der Waals surface area contributed by atoms with Gasteiger partial charge in [-0.25, -0.2) is 13.6 Å². The van der Waals surface area contributed by atoms with Crippen molar-refractivity contribution < 1.29 is 37.7 Å². The van der Waals surface area contributed by atoms with E-state index in [4.69, 9.17) is 9.47 Å². The van der Waals surface area contributed by atoms with E-state index in [1.165, 1.54) is 16.9 Å². The Morgan fingerprint density at radius 2 is 1.73 bits per heavy atom. The summed E-state index contributed by atoms with van der Waals surface area (Å²) in [5.74, 6) is -3.50. The van der Waals surface area contributed by atoms with E-state index in [1.807, 2.05) is 0 Å². The molecule has 1 spiro atoms. The average Bonchev–Trinajstić information content (AvgIpc) is 3.17. The van der Waals surface area contributed by atoms with E-state index in [0.29, 0.717) is 11.8 Å². The maximum absolute atomic E-state index is 14.1. The number of piperidine rings is 1. The van der Waals surface area contributed by atoms with Crippen LogP contribution in [0.5, 0.6) is 5.75 Å². The minimum absolute atomic E-state index is 0.106. The first-order chi connectivity index (χ1) is 15.8. The van der Waals surface area contributed by atoms with Crippen molar-refractivity contribution in [3.8, 4) is 5.75 Å². The van der Waals surface area contributed by atoms with Crippen molar-refractivity contribution >= 4 is 17.8 Å². The van der Waals surface area contributed by atoms with Gasteiger partial charge in [0.05, 0.1) is 19.3 Å². The third kappa shape index (κ3) is 4.13. The van der Waals surface area contributed by atoms with Gasteiger partial charge < -0.3 is 19.5 Å². The third-order valence-corrected chi connectivity index (χ3v) is 6.09. The molecule has 2 aliphatic rings. The van der Waals surface area contributed by atoms with Crippen LogP contribution in [0.1, 0.15) is 33.6 Å². The zero-order valence-corrected chi connectivity index (χ0v) is 17.8. The van der Waals surface area contributed by atoms with Gasteiger partial charge in [0.15, 0.2) is 6.04 Å². The van der Waals surface area contributed by atoms with Crippen LogP contribution in [0.15, 0.2) is 42.5 Å². The molecule has 0 saturated carbocycles. The number of aliphatic carboxylic acids is 1. The number of carbonyl (C=O) groups excluding carboxylic acids is 2. The Labute approximate surface area is 188 Å². The van der Waals surface area contributed by atoms with E-state index < -0.39 is 41.2 Å². The van der Waals surface area contributed by atoms with Crippen molar-refractivity contribution in [3.05, 3.63) is 65.2 Å². The van der Waals surface area contributed by atoms with Crippen LogP contribution < -0.4 is 4.74 Å². The number of carboxylic acid groups (broad SMARTS) is 1. The topological polar surface area (TPSA) is 96.4 Å². The molecule has 2 aromatic rings. The highest BCUT2D eigenvalue weighted by Gasteiger charge is 2.54. The van der Waals surface area contributed by atoms with E-state index in [0.717, 1.165) is 12.1 Å². The molecule has 4 rings (SSSR count). The second-order valence-corrected chi connectivity index (χ2v) is 7.93. The van der Waals surface area contributed by atoms with Crippen LogP contribution in [0.25, 0.3) is 0 Å². The Hall–Kier alpha value is -3.53. The fourth-order valence-electron chi connectivity index (χ4n) is 4.32. The van der Waals surface area contributed by atoms with Gasteiger partial charge in [0.2, 0.25) is 0 Å². The molecule has 33 heavy (non-hydrogen) atoms. The predicted molar refractivity (Wildman–Crippen MR) is 111 cm³/mol. The summed E-state index contributed by atoms with van der Waals surface area (Å²) in [7, 11) is 1.49. The molecule has 2 amide bonds. The second-order valence-electron chi connectivity index (χ2n) is 7.93. The number of amides is 2. The molecule has 0 radical (unpaired) electrons. The van der Waals surface area contributed by atoms with E-state index >= 15 is 0 Å². The standard InChI is InChI=1S/C23H22F2N2O6/c1-32-16-5-2-14(3-6-16)20(28)27-19(22(30)31)13-33-23(27)8-10-26(11-9-23)21(29)17-7-4-15(24)12-18(17)25/h2-7,12,19H,8-11,13H2,1H3,(H,30,31). The van der Waals surface area contributed by atoms with Crippen molar-refractivity contribution in [2.75, 3.05) is 26.8 Å². The Morgan fingerprint density at radius 3 is 2.30 bits per heavy atom. The maximum atomic E-state index is 14.1. The first-order valence-electron chi connectivity index (χ1n) is 10.3. The van der Waals surface area contributed by atoms with Crippen molar-refractivity contribution in [2.24, 2.45) is 0 Å². The van der Waals surface area contributed by atoms with Crippen LogP contribution in [0.2, 0.25) is 0 Å². The molecular formula is C23H22F2N2O6. The monoisotopic (exact) mass is 460 g/mol. The molecule has 1 unspecified atom stereocenters. The smallest absolute Gasteiger partial charge is 0.328 e. The SMILES string of the molecule is COc1ccc(C(=O)N2C(C(=O)O)COC23CCN(C(=O)c2ccc(F)cc2F)CC3)cc1. The first kappa shape index (κ1) is 22.7. The number of carboxylic acids is 1. The highest BCUT2D eigenvalue weighted by molar-refractivity contribution is 5.98. The number of rotatable bonds is 4. The molecule has 10 heteroatoms. The van der Waals surface area contributed by atoms with Crippen LogP contribution in [-0.2, 0) is 9.53 Å². The van der Waals surface area contributed by atoms with Crippen molar-refractivity contribution in [1.82, 2.24) is 9.80 Å². The average molecular weight is 460 g/mol. The minimum atomic E-state index is -1.21. The largest absolute Gasteiger partial charge is 0.497 e. The molecule has 2 aromatic carbocycles. The summed E-state index contributed by atoms with van der Waals surface area (Å²) in [4.78, 5) is 40.5.